The Kier molecular flexibility index (Phi) is 2.40. The van der Waals surface area contributed by atoms with Gasteiger partial charge in [-0.2, -0.15) is 0 Å². The minimum atomic E-state index is 0.860. The third-order valence-electron chi connectivity index (χ3n) is 1.74. The first kappa shape index (κ1) is 8.54. The number of thiophene rings is 1. The molecule has 0 unspecified atom stereocenters. The van der Waals surface area contributed by atoms with Crippen molar-refractivity contribution in [3.8, 4) is 0 Å². The van der Waals surface area contributed by atoms with Crippen LogP contribution in [0.3, 0.4) is 0 Å². The maximum atomic E-state index is 5.92. The van der Waals surface area contributed by atoms with Gasteiger partial charge in [-0.15, -0.1) is 11.3 Å². The van der Waals surface area contributed by atoms with Crippen LogP contribution in [0.5, 0.6) is 0 Å². The van der Waals surface area contributed by atoms with E-state index in [1.165, 1.54) is 15.6 Å². The minimum absolute atomic E-state index is 0.860. The van der Waals surface area contributed by atoms with Crippen molar-refractivity contribution in [3.63, 3.8) is 0 Å². The minimum Gasteiger partial charge on any atom is -0.123 e. The molecule has 0 aliphatic heterocycles. The first-order valence-corrected chi connectivity index (χ1v) is 5.86. The first-order valence-electron chi connectivity index (χ1n) is 3.54. The molecule has 0 amide bonds. The molecule has 2 rings (SSSR count). The number of hydrogen-bond acceptors (Lipinski definition) is 1. The predicted octanol–water partition coefficient (Wildman–Crippen LogP) is 4.45. The summed E-state index contributed by atoms with van der Waals surface area (Å²) in [4.78, 5) is 0. The van der Waals surface area contributed by atoms with Crippen LogP contribution in [-0.2, 0) is 5.33 Å². The van der Waals surface area contributed by atoms with Crippen LogP contribution in [0.15, 0.2) is 24.3 Å². The molecule has 0 spiro atoms. The zero-order valence-corrected chi connectivity index (χ0v) is 9.34. The molecule has 0 bridgehead atoms. The fraction of sp³-hybridized carbons (Fsp3) is 0.111. The van der Waals surface area contributed by atoms with E-state index in [0.717, 1.165) is 9.67 Å². The van der Waals surface area contributed by atoms with Gasteiger partial charge in [0.15, 0.2) is 0 Å². The van der Waals surface area contributed by atoms with Gasteiger partial charge in [0.05, 0.1) is 4.34 Å². The predicted molar refractivity (Wildman–Crippen MR) is 59.5 cm³/mol. The summed E-state index contributed by atoms with van der Waals surface area (Å²) in [6, 6.07) is 8.27. The lowest BCUT2D eigenvalue weighted by Gasteiger charge is -1.95. The molecule has 0 nitrogen and oxygen atoms in total. The summed E-state index contributed by atoms with van der Waals surface area (Å²) in [5, 5.41) is 2.13. The molecule has 0 N–H and O–H groups in total. The Labute approximate surface area is 88.3 Å². The first-order chi connectivity index (χ1) is 5.81. The van der Waals surface area contributed by atoms with Crippen molar-refractivity contribution in [1.29, 1.82) is 0 Å². The lowest BCUT2D eigenvalue weighted by atomic mass is 10.2. The van der Waals surface area contributed by atoms with E-state index in [0.29, 0.717) is 0 Å². The van der Waals surface area contributed by atoms with Crippen molar-refractivity contribution in [2.24, 2.45) is 0 Å². The fourth-order valence-electron chi connectivity index (χ4n) is 1.20. The summed E-state index contributed by atoms with van der Waals surface area (Å²) in [6.45, 7) is 0. The molecule has 1 aromatic heterocycles. The molecule has 2 aromatic rings. The van der Waals surface area contributed by atoms with Crippen molar-refractivity contribution in [1.82, 2.24) is 0 Å². The summed E-state index contributed by atoms with van der Waals surface area (Å²) in [6.07, 6.45) is 0. The van der Waals surface area contributed by atoms with E-state index in [1.54, 1.807) is 11.3 Å². The molecule has 62 valence electrons. The molecular formula is C9H6BrClS. The molecule has 0 aliphatic rings. The van der Waals surface area contributed by atoms with Gasteiger partial charge in [-0.3, -0.25) is 0 Å². The largest absolute Gasteiger partial charge is 0.123 e. The molecule has 0 saturated carbocycles. The second-order valence-corrected chi connectivity index (χ2v) is 4.76. The number of halogens is 2. The SMILES string of the molecule is Clc1cc2cccc(CBr)c2s1. The van der Waals surface area contributed by atoms with Gasteiger partial charge in [-0.25, -0.2) is 0 Å². The van der Waals surface area contributed by atoms with Crippen LogP contribution >= 0.6 is 38.9 Å². The average Bonchev–Trinajstić information content (AvgIpc) is 2.44. The third kappa shape index (κ3) is 1.39. The molecule has 3 heteroatoms. The van der Waals surface area contributed by atoms with Gasteiger partial charge < -0.3 is 0 Å². The highest BCUT2D eigenvalue weighted by atomic mass is 79.9. The molecule has 0 atom stereocenters. The molecule has 0 aliphatic carbocycles. The van der Waals surface area contributed by atoms with Crippen LogP contribution in [-0.4, -0.2) is 0 Å². The fourth-order valence-corrected chi connectivity index (χ4v) is 3.10. The van der Waals surface area contributed by atoms with E-state index in [2.05, 4.69) is 34.1 Å². The van der Waals surface area contributed by atoms with Gasteiger partial charge in [0, 0.05) is 10.0 Å². The highest BCUT2D eigenvalue weighted by Gasteiger charge is 2.02. The van der Waals surface area contributed by atoms with Gasteiger partial charge in [-0.1, -0.05) is 45.7 Å². The van der Waals surface area contributed by atoms with E-state index in [4.69, 9.17) is 11.6 Å². The number of fused-ring (bicyclic) bond motifs is 1. The molecule has 1 heterocycles. The Morgan fingerprint density at radius 3 is 3.00 bits per heavy atom. The summed E-state index contributed by atoms with van der Waals surface area (Å²) in [5.41, 5.74) is 1.31. The maximum Gasteiger partial charge on any atom is 0.0940 e. The van der Waals surface area contributed by atoms with Crippen LogP contribution in [0.2, 0.25) is 4.34 Å². The van der Waals surface area contributed by atoms with Crippen molar-refractivity contribution >= 4 is 49.0 Å². The highest BCUT2D eigenvalue weighted by molar-refractivity contribution is 9.08. The van der Waals surface area contributed by atoms with Gasteiger partial charge >= 0.3 is 0 Å². The number of benzene rings is 1. The van der Waals surface area contributed by atoms with Crippen molar-refractivity contribution in [2.75, 3.05) is 0 Å². The quantitative estimate of drug-likeness (QED) is 0.665. The molecular weight excluding hydrogens is 256 g/mol. The summed E-state index contributed by atoms with van der Waals surface area (Å²) in [5.74, 6) is 0. The Morgan fingerprint density at radius 1 is 1.42 bits per heavy atom. The van der Waals surface area contributed by atoms with Gasteiger partial charge in [-0.05, 0) is 17.0 Å². The number of hydrogen-bond donors (Lipinski definition) is 0. The van der Waals surface area contributed by atoms with Crippen LogP contribution in [0.1, 0.15) is 5.56 Å². The van der Waals surface area contributed by atoms with E-state index >= 15 is 0 Å². The van der Waals surface area contributed by atoms with Gasteiger partial charge in [0.1, 0.15) is 0 Å². The van der Waals surface area contributed by atoms with Gasteiger partial charge in [0.25, 0.3) is 0 Å². The molecule has 0 saturated heterocycles. The zero-order chi connectivity index (χ0) is 8.55. The smallest absolute Gasteiger partial charge is 0.0940 e. The number of rotatable bonds is 1. The lowest BCUT2D eigenvalue weighted by Crippen LogP contribution is -1.74. The Hall–Kier alpha value is -0.0500. The highest BCUT2D eigenvalue weighted by Crippen LogP contribution is 2.32. The Balaban J connectivity index is 2.78. The maximum absolute atomic E-state index is 5.92. The van der Waals surface area contributed by atoms with E-state index in [-0.39, 0.29) is 0 Å². The summed E-state index contributed by atoms with van der Waals surface area (Å²) in [7, 11) is 0. The zero-order valence-electron chi connectivity index (χ0n) is 6.18. The number of alkyl halides is 1. The van der Waals surface area contributed by atoms with Crippen molar-refractivity contribution in [3.05, 3.63) is 34.2 Å². The second-order valence-electron chi connectivity index (χ2n) is 2.52. The summed E-state index contributed by atoms with van der Waals surface area (Å²) < 4.78 is 2.15. The Bertz CT molecular complexity index is 408. The Morgan fingerprint density at radius 2 is 2.25 bits per heavy atom. The van der Waals surface area contributed by atoms with Crippen LogP contribution in [0.25, 0.3) is 10.1 Å². The molecule has 0 fully saturated rings. The van der Waals surface area contributed by atoms with E-state index in [9.17, 15) is 0 Å². The van der Waals surface area contributed by atoms with Crippen molar-refractivity contribution in [2.45, 2.75) is 5.33 Å². The topological polar surface area (TPSA) is 0 Å². The van der Waals surface area contributed by atoms with Gasteiger partial charge in [0.2, 0.25) is 0 Å². The van der Waals surface area contributed by atoms with Crippen LogP contribution in [0.4, 0.5) is 0 Å². The second kappa shape index (κ2) is 3.36. The van der Waals surface area contributed by atoms with Crippen LogP contribution < -0.4 is 0 Å². The normalized spacial score (nSPS) is 10.8. The van der Waals surface area contributed by atoms with E-state index in [1.807, 2.05) is 6.07 Å². The molecule has 12 heavy (non-hydrogen) atoms. The lowest BCUT2D eigenvalue weighted by molar-refractivity contribution is 1.51. The van der Waals surface area contributed by atoms with Crippen molar-refractivity contribution < 1.29 is 0 Å². The van der Waals surface area contributed by atoms with E-state index < -0.39 is 0 Å². The van der Waals surface area contributed by atoms with Crippen LogP contribution in [0, 0.1) is 0 Å². The summed E-state index contributed by atoms with van der Waals surface area (Å²) >= 11 is 11.0. The third-order valence-corrected chi connectivity index (χ3v) is 3.70. The molecule has 1 aromatic carbocycles. The standard InChI is InChI=1S/C9H6BrClS/c10-5-7-3-1-2-6-4-8(11)12-9(6)7/h1-4H,5H2. The average molecular weight is 262 g/mol. The monoisotopic (exact) mass is 260 g/mol. The molecule has 0 radical (unpaired) electrons.